The summed E-state index contributed by atoms with van der Waals surface area (Å²) in [5.74, 6) is -0.213. The number of H-pyrrole nitrogens is 1. The van der Waals surface area contributed by atoms with Crippen molar-refractivity contribution in [1.82, 2.24) is 20.5 Å². The van der Waals surface area contributed by atoms with Gasteiger partial charge < -0.3 is 25.3 Å². The molecule has 3 amide bonds. The molecule has 3 N–H and O–H groups in total. The standard InChI is InChI=1S/C27H33N5O4/c1-36-23-8-4-7-20-19(23)13-21(31-20)26(35)32-16-27(9-2-3-10-27)14-22(32)25(34)30-18(15-28)12-17-6-5-11-29-24(17)33/h4,7-8,13,17-18,22,31H,2-3,5-6,9-12,14,16H2,1H3,(H,29,33)(H,30,34)/t17-,18-,22?/m0/s1. The number of ether oxygens (including phenoxy) is 1. The molecule has 1 aliphatic carbocycles. The number of rotatable bonds is 6. The highest BCUT2D eigenvalue weighted by Gasteiger charge is 2.50. The quantitative estimate of drug-likeness (QED) is 0.573. The Morgan fingerprint density at radius 1 is 1.31 bits per heavy atom. The van der Waals surface area contributed by atoms with Crippen molar-refractivity contribution in [2.75, 3.05) is 20.2 Å². The van der Waals surface area contributed by atoms with Gasteiger partial charge in [0.2, 0.25) is 11.8 Å². The van der Waals surface area contributed by atoms with Gasteiger partial charge in [-0.15, -0.1) is 0 Å². The fourth-order valence-electron chi connectivity index (χ4n) is 6.32. The van der Waals surface area contributed by atoms with Crippen molar-refractivity contribution in [3.63, 3.8) is 0 Å². The molecule has 3 fully saturated rings. The predicted molar refractivity (Wildman–Crippen MR) is 133 cm³/mol. The second kappa shape index (κ2) is 9.84. The summed E-state index contributed by atoms with van der Waals surface area (Å²) in [6.45, 7) is 1.18. The molecule has 1 saturated carbocycles. The third kappa shape index (κ3) is 4.52. The maximum absolute atomic E-state index is 13.7. The van der Waals surface area contributed by atoms with Gasteiger partial charge in [-0.25, -0.2) is 0 Å². The van der Waals surface area contributed by atoms with Crippen molar-refractivity contribution in [2.45, 2.75) is 63.5 Å². The number of nitriles is 1. The summed E-state index contributed by atoms with van der Waals surface area (Å²) in [6, 6.07) is 8.10. The summed E-state index contributed by atoms with van der Waals surface area (Å²) in [7, 11) is 1.59. The van der Waals surface area contributed by atoms with Crippen molar-refractivity contribution in [1.29, 1.82) is 5.26 Å². The third-order valence-corrected chi connectivity index (χ3v) is 8.20. The number of aromatic amines is 1. The fraction of sp³-hybridized carbons (Fsp3) is 0.556. The van der Waals surface area contributed by atoms with E-state index >= 15 is 0 Å². The predicted octanol–water partition coefficient (Wildman–Crippen LogP) is 2.88. The van der Waals surface area contributed by atoms with Crippen molar-refractivity contribution in [2.24, 2.45) is 11.3 Å². The number of benzene rings is 1. The van der Waals surface area contributed by atoms with Crippen molar-refractivity contribution in [3.8, 4) is 11.8 Å². The number of carbonyl (C=O) groups excluding carboxylic acids is 3. The highest BCUT2D eigenvalue weighted by atomic mass is 16.5. The molecule has 2 saturated heterocycles. The first-order chi connectivity index (χ1) is 17.4. The summed E-state index contributed by atoms with van der Waals surface area (Å²) in [6.07, 6.45) is 6.62. The SMILES string of the molecule is COc1cccc2[nH]c(C(=O)N3CC4(CCCC4)CC3C(=O)N[C@H](C#N)C[C@@H]3CCCNC3=O)cc12. The van der Waals surface area contributed by atoms with Gasteiger partial charge in [-0.1, -0.05) is 18.9 Å². The lowest BCUT2D eigenvalue weighted by atomic mass is 9.83. The maximum atomic E-state index is 13.7. The minimum absolute atomic E-state index is 0.0624. The van der Waals surface area contributed by atoms with E-state index in [4.69, 9.17) is 4.74 Å². The van der Waals surface area contributed by atoms with Gasteiger partial charge >= 0.3 is 0 Å². The monoisotopic (exact) mass is 491 g/mol. The molecule has 2 aliphatic heterocycles. The number of nitrogens with zero attached hydrogens (tertiary/aromatic N) is 2. The number of aromatic nitrogens is 1. The zero-order chi connectivity index (χ0) is 25.3. The Hall–Kier alpha value is -3.54. The van der Waals surface area contributed by atoms with Gasteiger partial charge in [-0.05, 0) is 62.1 Å². The van der Waals surface area contributed by atoms with Crippen LogP contribution in [0.1, 0.15) is 61.9 Å². The van der Waals surface area contributed by atoms with Crippen molar-refractivity contribution >= 4 is 28.6 Å². The fourth-order valence-corrected chi connectivity index (χ4v) is 6.32. The van der Waals surface area contributed by atoms with Crippen LogP contribution in [0.15, 0.2) is 24.3 Å². The molecular weight excluding hydrogens is 458 g/mol. The lowest BCUT2D eigenvalue weighted by molar-refractivity contribution is -0.128. The van der Waals surface area contributed by atoms with Crippen LogP contribution in [0, 0.1) is 22.7 Å². The first-order valence-electron chi connectivity index (χ1n) is 12.9. The lowest BCUT2D eigenvalue weighted by Gasteiger charge is -2.27. The molecule has 190 valence electrons. The van der Waals surface area contributed by atoms with E-state index in [2.05, 4.69) is 21.7 Å². The number of hydrogen-bond donors (Lipinski definition) is 3. The number of hydrogen-bond acceptors (Lipinski definition) is 5. The van der Waals surface area contributed by atoms with E-state index in [1.54, 1.807) is 18.1 Å². The average Bonchev–Trinajstić information content (AvgIpc) is 3.63. The third-order valence-electron chi connectivity index (χ3n) is 8.20. The summed E-state index contributed by atoms with van der Waals surface area (Å²) in [5.41, 5.74) is 1.15. The topological polar surface area (TPSA) is 127 Å². The van der Waals surface area contributed by atoms with Gasteiger partial charge in [0.1, 0.15) is 23.5 Å². The molecular formula is C27H33N5O4. The molecule has 1 spiro atoms. The van der Waals surface area contributed by atoms with E-state index in [9.17, 15) is 19.6 Å². The van der Waals surface area contributed by atoms with Crippen LogP contribution < -0.4 is 15.4 Å². The van der Waals surface area contributed by atoms with E-state index in [-0.39, 0.29) is 35.5 Å². The Morgan fingerprint density at radius 2 is 2.11 bits per heavy atom. The molecule has 3 atom stereocenters. The van der Waals surface area contributed by atoms with E-state index in [1.807, 2.05) is 18.2 Å². The molecule has 1 unspecified atom stereocenters. The summed E-state index contributed by atoms with van der Waals surface area (Å²) in [5, 5.41) is 16.2. The number of carbonyl (C=O) groups is 3. The largest absolute Gasteiger partial charge is 0.496 e. The molecule has 3 aliphatic rings. The van der Waals surface area contributed by atoms with Crippen molar-refractivity contribution in [3.05, 3.63) is 30.0 Å². The summed E-state index contributed by atoms with van der Waals surface area (Å²) >= 11 is 0. The average molecular weight is 492 g/mol. The van der Waals surface area contributed by atoms with Crippen LogP contribution in [-0.2, 0) is 9.59 Å². The normalized spacial score (nSPS) is 23.9. The van der Waals surface area contributed by atoms with Gasteiger partial charge in [0.15, 0.2) is 0 Å². The second-order valence-electron chi connectivity index (χ2n) is 10.5. The molecule has 5 rings (SSSR count). The van der Waals surface area contributed by atoms with Crippen LogP contribution >= 0.6 is 0 Å². The summed E-state index contributed by atoms with van der Waals surface area (Å²) in [4.78, 5) is 44.3. The molecule has 2 aromatic rings. The minimum Gasteiger partial charge on any atom is -0.496 e. The summed E-state index contributed by atoms with van der Waals surface area (Å²) < 4.78 is 5.44. The molecule has 1 aromatic carbocycles. The number of methoxy groups -OCH3 is 1. The van der Waals surface area contributed by atoms with E-state index in [1.165, 1.54) is 0 Å². The molecule has 36 heavy (non-hydrogen) atoms. The Morgan fingerprint density at radius 3 is 2.83 bits per heavy atom. The van der Waals surface area contributed by atoms with Gasteiger partial charge in [0, 0.05) is 29.9 Å². The van der Waals surface area contributed by atoms with Crippen molar-refractivity contribution < 1.29 is 19.1 Å². The molecule has 0 bridgehead atoms. The zero-order valence-corrected chi connectivity index (χ0v) is 20.6. The zero-order valence-electron chi connectivity index (χ0n) is 20.6. The Labute approximate surface area is 210 Å². The first kappa shape index (κ1) is 24.2. The number of likely N-dealkylation sites (tertiary alicyclic amines) is 1. The smallest absolute Gasteiger partial charge is 0.271 e. The maximum Gasteiger partial charge on any atom is 0.271 e. The molecule has 9 nitrogen and oxygen atoms in total. The Bertz CT molecular complexity index is 1210. The molecule has 0 radical (unpaired) electrons. The Kier molecular flexibility index (Phi) is 6.61. The van der Waals surface area contributed by atoms with Crippen LogP contribution in [0.25, 0.3) is 10.9 Å². The van der Waals surface area contributed by atoms with E-state index < -0.39 is 12.1 Å². The lowest BCUT2D eigenvalue weighted by Crippen LogP contribution is -2.49. The van der Waals surface area contributed by atoms with Gasteiger partial charge in [-0.2, -0.15) is 5.26 Å². The molecule has 9 heteroatoms. The molecule has 1 aromatic heterocycles. The highest BCUT2D eigenvalue weighted by Crippen LogP contribution is 2.48. The number of amides is 3. The minimum atomic E-state index is -0.777. The number of piperidine rings is 1. The number of nitrogens with one attached hydrogen (secondary N) is 3. The van der Waals surface area contributed by atoms with E-state index in [0.29, 0.717) is 37.4 Å². The van der Waals surface area contributed by atoms with Crippen LogP contribution in [0.5, 0.6) is 5.75 Å². The van der Waals surface area contributed by atoms with E-state index in [0.717, 1.165) is 43.0 Å². The highest BCUT2D eigenvalue weighted by molar-refractivity contribution is 6.02. The van der Waals surface area contributed by atoms with Gasteiger partial charge in [-0.3, -0.25) is 14.4 Å². The van der Waals surface area contributed by atoms with Crippen LogP contribution in [0.4, 0.5) is 0 Å². The molecule has 3 heterocycles. The van der Waals surface area contributed by atoms with Crippen LogP contribution in [0.3, 0.4) is 0 Å². The van der Waals surface area contributed by atoms with Crippen LogP contribution in [-0.4, -0.2) is 59.9 Å². The first-order valence-corrected chi connectivity index (χ1v) is 12.9. The number of fused-ring (bicyclic) bond motifs is 1. The van der Waals surface area contributed by atoms with Gasteiger partial charge in [0.25, 0.3) is 5.91 Å². The Balaban J connectivity index is 1.37. The second-order valence-corrected chi connectivity index (χ2v) is 10.5. The van der Waals surface area contributed by atoms with Gasteiger partial charge in [0.05, 0.1) is 13.2 Å². The van der Waals surface area contributed by atoms with Crippen LogP contribution in [0.2, 0.25) is 0 Å².